The number of aliphatic imine (C=N–C) groups is 1. The SMILES string of the molecule is C/C=C\c1cccc(Nc2ccc(C(C)=Nc3ccccc3C)cc2)c1CC. The Kier molecular flexibility index (Phi) is 6.44. The molecule has 3 rings (SSSR count). The summed E-state index contributed by atoms with van der Waals surface area (Å²) in [4.78, 5) is 4.79. The number of anilines is 2. The van der Waals surface area contributed by atoms with Crippen molar-refractivity contribution in [3.63, 3.8) is 0 Å². The fourth-order valence-electron chi connectivity index (χ4n) is 3.34. The number of benzene rings is 3. The number of allylic oxidation sites excluding steroid dienone is 1. The van der Waals surface area contributed by atoms with Gasteiger partial charge in [-0.2, -0.15) is 0 Å². The van der Waals surface area contributed by atoms with Gasteiger partial charge >= 0.3 is 0 Å². The Balaban J connectivity index is 1.82. The Hall–Kier alpha value is -3.13. The van der Waals surface area contributed by atoms with Crippen molar-refractivity contribution in [1.29, 1.82) is 0 Å². The maximum absolute atomic E-state index is 4.79. The average Bonchev–Trinajstić information content (AvgIpc) is 2.71. The highest BCUT2D eigenvalue weighted by molar-refractivity contribution is 6.00. The first-order chi connectivity index (χ1) is 13.6. The van der Waals surface area contributed by atoms with Gasteiger partial charge in [0.2, 0.25) is 0 Å². The van der Waals surface area contributed by atoms with E-state index >= 15 is 0 Å². The minimum atomic E-state index is 0.989. The van der Waals surface area contributed by atoms with Crippen LogP contribution in [0.2, 0.25) is 0 Å². The van der Waals surface area contributed by atoms with Crippen LogP contribution in [0.3, 0.4) is 0 Å². The van der Waals surface area contributed by atoms with Crippen molar-refractivity contribution in [1.82, 2.24) is 0 Å². The van der Waals surface area contributed by atoms with Gasteiger partial charge in [0.25, 0.3) is 0 Å². The first-order valence-electron chi connectivity index (χ1n) is 9.85. The molecule has 0 bridgehead atoms. The topological polar surface area (TPSA) is 24.4 Å². The normalized spacial score (nSPS) is 11.8. The molecule has 0 spiro atoms. The summed E-state index contributed by atoms with van der Waals surface area (Å²) in [6, 6.07) is 23.1. The van der Waals surface area contributed by atoms with E-state index in [1.807, 2.05) is 12.1 Å². The summed E-state index contributed by atoms with van der Waals surface area (Å²) >= 11 is 0. The second-order valence-electron chi connectivity index (χ2n) is 6.91. The fourth-order valence-corrected chi connectivity index (χ4v) is 3.34. The van der Waals surface area contributed by atoms with Gasteiger partial charge in [-0.05, 0) is 73.7 Å². The standard InChI is InChI=1S/C26H28N2/c1-5-10-22-12-9-14-26(24(22)6-2)28-23-17-15-21(16-18-23)20(4)27-25-13-8-7-11-19(25)3/h5,7-18,28H,6H2,1-4H3/b10-5-,27-20?. The number of nitrogens with one attached hydrogen (secondary N) is 1. The van der Waals surface area contributed by atoms with E-state index in [0.29, 0.717) is 0 Å². The van der Waals surface area contributed by atoms with Gasteiger partial charge in [0, 0.05) is 17.1 Å². The number of rotatable bonds is 6. The van der Waals surface area contributed by atoms with E-state index in [1.165, 1.54) is 16.7 Å². The third kappa shape index (κ3) is 4.58. The number of hydrogen-bond donors (Lipinski definition) is 1. The lowest BCUT2D eigenvalue weighted by Crippen LogP contribution is -1.99. The molecule has 0 heterocycles. The zero-order valence-corrected chi connectivity index (χ0v) is 17.2. The minimum Gasteiger partial charge on any atom is -0.355 e. The molecule has 1 N–H and O–H groups in total. The van der Waals surface area contributed by atoms with Crippen molar-refractivity contribution in [2.45, 2.75) is 34.1 Å². The quantitative estimate of drug-likeness (QED) is 0.448. The van der Waals surface area contributed by atoms with Crippen LogP contribution in [0.25, 0.3) is 6.08 Å². The van der Waals surface area contributed by atoms with Crippen LogP contribution >= 0.6 is 0 Å². The lowest BCUT2D eigenvalue weighted by molar-refractivity contribution is 1.13. The van der Waals surface area contributed by atoms with Gasteiger partial charge in [-0.15, -0.1) is 0 Å². The van der Waals surface area contributed by atoms with Crippen LogP contribution in [0.4, 0.5) is 17.1 Å². The molecule has 0 aromatic heterocycles. The molecule has 3 aromatic rings. The molecular weight excluding hydrogens is 340 g/mol. The first-order valence-corrected chi connectivity index (χ1v) is 9.85. The molecule has 3 aromatic carbocycles. The molecule has 0 unspecified atom stereocenters. The summed E-state index contributed by atoms with van der Waals surface area (Å²) in [6.07, 6.45) is 5.24. The molecule has 142 valence electrons. The van der Waals surface area contributed by atoms with Crippen LogP contribution in [-0.4, -0.2) is 5.71 Å². The second-order valence-corrected chi connectivity index (χ2v) is 6.91. The van der Waals surface area contributed by atoms with E-state index in [2.05, 4.69) is 99.8 Å². The van der Waals surface area contributed by atoms with E-state index in [4.69, 9.17) is 4.99 Å². The maximum atomic E-state index is 4.79. The largest absolute Gasteiger partial charge is 0.355 e. The maximum Gasteiger partial charge on any atom is 0.0662 e. The average molecular weight is 369 g/mol. The predicted octanol–water partition coefficient (Wildman–Crippen LogP) is 7.47. The molecule has 0 atom stereocenters. The zero-order valence-electron chi connectivity index (χ0n) is 17.2. The van der Waals surface area contributed by atoms with Crippen LogP contribution in [0.15, 0.2) is 77.8 Å². The highest BCUT2D eigenvalue weighted by Gasteiger charge is 2.06. The first kappa shape index (κ1) is 19.6. The predicted molar refractivity (Wildman–Crippen MR) is 123 cm³/mol. The summed E-state index contributed by atoms with van der Waals surface area (Å²) in [5.41, 5.74) is 9.21. The van der Waals surface area contributed by atoms with Gasteiger partial charge in [-0.25, -0.2) is 0 Å². The lowest BCUT2D eigenvalue weighted by atomic mass is 10.0. The van der Waals surface area contributed by atoms with Gasteiger partial charge in [-0.3, -0.25) is 4.99 Å². The molecule has 0 saturated heterocycles. The highest BCUT2D eigenvalue weighted by Crippen LogP contribution is 2.26. The van der Waals surface area contributed by atoms with Crippen molar-refractivity contribution >= 4 is 28.8 Å². The van der Waals surface area contributed by atoms with Crippen LogP contribution in [0.1, 0.15) is 43.0 Å². The molecule has 0 aliphatic rings. The summed E-state index contributed by atoms with van der Waals surface area (Å²) in [6.45, 7) is 8.40. The lowest BCUT2D eigenvalue weighted by Gasteiger charge is -2.14. The monoisotopic (exact) mass is 368 g/mol. The Morgan fingerprint density at radius 3 is 2.39 bits per heavy atom. The Labute approximate surface area is 168 Å². The van der Waals surface area contributed by atoms with E-state index < -0.39 is 0 Å². The van der Waals surface area contributed by atoms with Crippen molar-refractivity contribution in [3.8, 4) is 0 Å². The van der Waals surface area contributed by atoms with Crippen molar-refractivity contribution in [2.24, 2.45) is 4.99 Å². The smallest absolute Gasteiger partial charge is 0.0662 e. The molecule has 2 nitrogen and oxygen atoms in total. The molecule has 0 aliphatic heterocycles. The summed E-state index contributed by atoms with van der Waals surface area (Å²) in [5.74, 6) is 0. The Morgan fingerprint density at radius 1 is 0.964 bits per heavy atom. The second kappa shape index (κ2) is 9.18. The molecular formula is C26H28N2. The molecule has 28 heavy (non-hydrogen) atoms. The fraction of sp³-hybridized carbons (Fsp3) is 0.192. The van der Waals surface area contributed by atoms with Crippen LogP contribution in [-0.2, 0) is 6.42 Å². The van der Waals surface area contributed by atoms with Gasteiger partial charge in [0.15, 0.2) is 0 Å². The summed E-state index contributed by atoms with van der Waals surface area (Å²) in [5, 5.41) is 3.57. The molecule has 0 aliphatic carbocycles. The van der Waals surface area contributed by atoms with Crippen molar-refractivity contribution in [2.75, 3.05) is 5.32 Å². The van der Waals surface area contributed by atoms with Gasteiger partial charge < -0.3 is 5.32 Å². The molecule has 0 fully saturated rings. The van der Waals surface area contributed by atoms with Crippen molar-refractivity contribution in [3.05, 3.63) is 95.1 Å². The van der Waals surface area contributed by atoms with E-state index in [0.717, 1.165) is 34.8 Å². The van der Waals surface area contributed by atoms with Gasteiger partial charge in [0.1, 0.15) is 0 Å². The number of para-hydroxylation sites is 1. The van der Waals surface area contributed by atoms with Crippen LogP contribution in [0.5, 0.6) is 0 Å². The van der Waals surface area contributed by atoms with Crippen LogP contribution < -0.4 is 5.32 Å². The summed E-state index contributed by atoms with van der Waals surface area (Å²) in [7, 11) is 0. The molecule has 2 heteroatoms. The number of hydrogen-bond acceptors (Lipinski definition) is 2. The van der Waals surface area contributed by atoms with E-state index in [-0.39, 0.29) is 0 Å². The Bertz CT molecular complexity index is 995. The van der Waals surface area contributed by atoms with E-state index in [9.17, 15) is 0 Å². The molecule has 0 amide bonds. The van der Waals surface area contributed by atoms with Crippen molar-refractivity contribution < 1.29 is 0 Å². The van der Waals surface area contributed by atoms with E-state index in [1.54, 1.807) is 0 Å². The van der Waals surface area contributed by atoms with Crippen LogP contribution in [0, 0.1) is 6.92 Å². The molecule has 0 radical (unpaired) electrons. The minimum absolute atomic E-state index is 0.989. The summed E-state index contributed by atoms with van der Waals surface area (Å²) < 4.78 is 0. The van der Waals surface area contributed by atoms with Gasteiger partial charge in [-0.1, -0.05) is 61.5 Å². The third-order valence-corrected chi connectivity index (χ3v) is 4.90. The number of nitrogens with zero attached hydrogens (tertiary/aromatic N) is 1. The van der Waals surface area contributed by atoms with Gasteiger partial charge in [0.05, 0.1) is 5.69 Å². The highest BCUT2D eigenvalue weighted by atomic mass is 14.9. The Morgan fingerprint density at radius 2 is 1.71 bits per heavy atom. The third-order valence-electron chi connectivity index (χ3n) is 4.90. The zero-order chi connectivity index (χ0) is 19.9. The number of aryl methyl sites for hydroxylation is 1. The molecule has 0 saturated carbocycles.